The fraction of sp³-hybridized carbons (Fsp3) is 0.0455. The standard InChI is InChI=1S/C22H16O2S/c23-14-19-18(22-13-17-9-4-5-12-21(17)25-22)10-6-11-20(19)24-15-16-7-2-1-3-8-16/h1-14H,15H2. The Bertz CT molecular complexity index is 986. The third kappa shape index (κ3) is 3.19. The van der Waals surface area contributed by atoms with Gasteiger partial charge in [-0.1, -0.05) is 60.7 Å². The predicted molar refractivity (Wildman–Crippen MR) is 103 cm³/mol. The molecule has 0 aliphatic rings. The maximum atomic E-state index is 11.8. The molecule has 0 saturated heterocycles. The fourth-order valence-electron chi connectivity index (χ4n) is 2.86. The number of carbonyl (C=O) groups excluding carboxylic acids is 1. The van der Waals surface area contributed by atoms with E-state index >= 15 is 0 Å². The van der Waals surface area contributed by atoms with Crippen molar-refractivity contribution in [1.82, 2.24) is 0 Å². The van der Waals surface area contributed by atoms with Crippen molar-refractivity contribution >= 4 is 27.7 Å². The van der Waals surface area contributed by atoms with E-state index in [9.17, 15) is 4.79 Å². The van der Waals surface area contributed by atoms with Crippen molar-refractivity contribution in [3.63, 3.8) is 0 Å². The van der Waals surface area contributed by atoms with Crippen LogP contribution in [0.2, 0.25) is 0 Å². The van der Waals surface area contributed by atoms with Crippen molar-refractivity contribution in [1.29, 1.82) is 0 Å². The number of ether oxygens (including phenoxy) is 1. The van der Waals surface area contributed by atoms with Crippen LogP contribution in [0.15, 0.2) is 78.9 Å². The van der Waals surface area contributed by atoms with Crippen LogP contribution in [0.3, 0.4) is 0 Å². The summed E-state index contributed by atoms with van der Waals surface area (Å²) in [5, 5.41) is 1.19. The fourth-order valence-corrected chi connectivity index (χ4v) is 3.96. The van der Waals surface area contributed by atoms with Crippen molar-refractivity contribution in [3.05, 3.63) is 90.0 Å². The molecule has 0 radical (unpaired) electrons. The quantitative estimate of drug-likeness (QED) is 0.418. The van der Waals surface area contributed by atoms with E-state index in [0.29, 0.717) is 17.9 Å². The van der Waals surface area contributed by atoms with Crippen LogP contribution >= 0.6 is 11.3 Å². The normalized spacial score (nSPS) is 10.7. The second kappa shape index (κ2) is 6.91. The maximum absolute atomic E-state index is 11.8. The highest BCUT2D eigenvalue weighted by Gasteiger charge is 2.13. The summed E-state index contributed by atoms with van der Waals surface area (Å²) in [4.78, 5) is 12.8. The highest BCUT2D eigenvalue weighted by atomic mass is 32.1. The molecule has 0 saturated carbocycles. The first-order chi connectivity index (χ1) is 12.3. The van der Waals surface area contributed by atoms with E-state index in [1.807, 2.05) is 60.7 Å². The van der Waals surface area contributed by atoms with Gasteiger partial charge in [0, 0.05) is 15.1 Å². The molecule has 2 nitrogen and oxygen atoms in total. The first-order valence-corrected chi connectivity index (χ1v) is 8.90. The van der Waals surface area contributed by atoms with E-state index in [1.165, 1.54) is 10.1 Å². The molecule has 3 aromatic carbocycles. The van der Waals surface area contributed by atoms with Gasteiger partial charge in [0.05, 0.1) is 5.56 Å². The monoisotopic (exact) mass is 344 g/mol. The van der Waals surface area contributed by atoms with Gasteiger partial charge in [-0.25, -0.2) is 0 Å². The van der Waals surface area contributed by atoms with Gasteiger partial charge in [-0.2, -0.15) is 0 Å². The van der Waals surface area contributed by atoms with Crippen LogP contribution in [-0.4, -0.2) is 6.29 Å². The van der Waals surface area contributed by atoms with Crippen LogP contribution < -0.4 is 4.74 Å². The minimum absolute atomic E-state index is 0.442. The lowest BCUT2D eigenvalue weighted by molar-refractivity contribution is 0.111. The van der Waals surface area contributed by atoms with Crippen LogP contribution in [0.25, 0.3) is 20.5 Å². The van der Waals surface area contributed by atoms with Crippen molar-refractivity contribution < 1.29 is 9.53 Å². The van der Waals surface area contributed by atoms with Crippen molar-refractivity contribution in [2.24, 2.45) is 0 Å². The highest BCUT2D eigenvalue weighted by molar-refractivity contribution is 7.22. The smallest absolute Gasteiger partial charge is 0.154 e. The number of carbonyl (C=O) groups is 1. The molecular formula is C22H16O2S. The van der Waals surface area contributed by atoms with Gasteiger partial charge >= 0.3 is 0 Å². The summed E-state index contributed by atoms with van der Waals surface area (Å²) >= 11 is 1.69. The van der Waals surface area contributed by atoms with Crippen LogP contribution in [-0.2, 0) is 6.61 Å². The Morgan fingerprint density at radius 2 is 1.68 bits per heavy atom. The summed E-state index contributed by atoms with van der Waals surface area (Å²) in [6.45, 7) is 0.442. The Kier molecular flexibility index (Phi) is 4.32. The maximum Gasteiger partial charge on any atom is 0.154 e. The van der Waals surface area contributed by atoms with E-state index in [2.05, 4.69) is 18.2 Å². The molecular weight excluding hydrogens is 328 g/mol. The van der Waals surface area contributed by atoms with Gasteiger partial charge in [0.1, 0.15) is 12.4 Å². The van der Waals surface area contributed by atoms with E-state index in [-0.39, 0.29) is 0 Å². The van der Waals surface area contributed by atoms with Gasteiger partial charge in [-0.3, -0.25) is 4.79 Å². The Hall–Kier alpha value is -2.91. The second-order valence-electron chi connectivity index (χ2n) is 5.76. The molecule has 0 fully saturated rings. The van der Waals surface area contributed by atoms with Gasteiger partial charge < -0.3 is 4.74 Å². The Morgan fingerprint density at radius 3 is 2.48 bits per heavy atom. The molecule has 0 aliphatic carbocycles. The molecule has 0 bridgehead atoms. The lowest BCUT2D eigenvalue weighted by atomic mass is 10.1. The summed E-state index contributed by atoms with van der Waals surface area (Å²) in [5.74, 6) is 0.619. The molecule has 0 unspecified atom stereocenters. The zero-order chi connectivity index (χ0) is 17.1. The summed E-state index contributed by atoms with van der Waals surface area (Å²) in [5.41, 5.74) is 2.60. The zero-order valence-corrected chi connectivity index (χ0v) is 14.3. The first-order valence-electron chi connectivity index (χ1n) is 8.09. The van der Waals surface area contributed by atoms with Gasteiger partial charge in [-0.15, -0.1) is 11.3 Å². The van der Waals surface area contributed by atoms with Crippen molar-refractivity contribution in [2.45, 2.75) is 6.61 Å². The summed E-state index contributed by atoms with van der Waals surface area (Å²) in [6.07, 6.45) is 0.889. The molecule has 122 valence electrons. The lowest BCUT2D eigenvalue weighted by Gasteiger charge is -2.11. The number of rotatable bonds is 5. The molecule has 0 spiro atoms. The number of thiophene rings is 1. The first kappa shape index (κ1) is 15.6. The number of fused-ring (bicyclic) bond motifs is 1. The molecule has 3 heteroatoms. The van der Waals surface area contributed by atoms with Crippen LogP contribution in [0.1, 0.15) is 15.9 Å². The minimum Gasteiger partial charge on any atom is -0.488 e. The molecule has 1 heterocycles. The zero-order valence-electron chi connectivity index (χ0n) is 13.5. The largest absolute Gasteiger partial charge is 0.488 e. The van der Waals surface area contributed by atoms with Crippen molar-refractivity contribution in [3.8, 4) is 16.2 Å². The Labute approximate surface area is 150 Å². The van der Waals surface area contributed by atoms with E-state index < -0.39 is 0 Å². The number of hydrogen-bond donors (Lipinski definition) is 0. The second-order valence-corrected chi connectivity index (χ2v) is 6.84. The van der Waals surface area contributed by atoms with Gasteiger partial charge in [-0.05, 0) is 29.1 Å². The third-order valence-electron chi connectivity index (χ3n) is 4.11. The van der Waals surface area contributed by atoms with E-state index in [1.54, 1.807) is 11.3 Å². The highest BCUT2D eigenvalue weighted by Crippen LogP contribution is 2.37. The lowest BCUT2D eigenvalue weighted by Crippen LogP contribution is -1.99. The van der Waals surface area contributed by atoms with Gasteiger partial charge in [0.2, 0.25) is 0 Å². The number of hydrogen-bond acceptors (Lipinski definition) is 3. The Morgan fingerprint density at radius 1 is 0.880 bits per heavy atom. The minimum atomic E-state index is 0.442. The van der Waals surface area contributed by atoms with Crippen molar-refractivity contribution in [2.75, 3.05) is 0 Å². The molecule has 1 aromatic heterocycles. The van der Waals surface area contributed by atoms with Crippen LogP contribution in [0, 0.1) is 0 Å². The predicted octanol–water partition coefficient (Wildman–Crippen LogP) is 5.96. The average Bonchev–Trinajstić information content (AvgIpc) is 3.11. The molecule has 0 N–H and O–H groups in total. The SMILES string of the molecule is O=Cc1c(OCc2ccccc2)cccc1-c1cc2ccccc2s1. The van der Waals surface area contributed by atoms with Gasteiger partial charge in [0.15, 0.2) is 6.29 Å². The molecule has 4 aromatic rings. The van der Waals surface area contributed by atoms with Crippen LogP contribution in [0.4, 0.5) is 0 Å². The average molecular weight is 344 g/mol. The summed E-state index contributed by atoms with van der Waals surface area (Å²) in [6, 6.07) is 26.1. The topological polar surface area (TPSA) is 26.3 Å². The molecule has 0 atom stereocenters. The van der Waals surface area contributed by atoms with Crippen LogP contribution in [0.5, 0.6) is 5.75 Å². The summed E-state index contributed by atoms with van der Waals surface area (Å²) in [7, 11) is 0. The molecule has 25 heavy (non-hydrogen) atoms. The molecule has 0 aliphatic heterocycles. The summed E-state index contributed by atoms with van der Waals surface area (Å²) < 4.78 is 7.14. The van der Waals surface area contributed by atoms with Gasteiger partial charge in [0.25, 0.3) is 0 Å². The molecule has 0 amide bonds. The Balaban J connectivity index is 1.70. The van der Waals surface area contributed by atoms with E-state index in [4.69, 9.17) is 4.74 Å². The number of aldehydes is 1. The van der Waals surface area contributed by atoms with E-state index in [0.717, 1.165) is 22.3 Å². The molecule has 4 rings (SSSR count). The number of benzene rings is 3. The third-order valence-corrected chi connectivity index (χ3v) is 5.26.